The van der Waals surface area contributed by atoms with Crippen molar-refractivity contribution in [1.82, 2.24) is 0 Å². The van der Waals surface area contributed by atoms with Gasteiger partial charge in [0.2, 0.25) is 0 Å². The summed E-state index contributed by atoms with van der Waals surface area (Å²) in [5, 5.41) is 0.797. The Kier molecular flexibility index (Phi) is 3.66. The second-order valence-corrected chi connectivity index (χ2v) is 5.41. The summed E-state index contributed by atoms with van der Waals surface area (Å²) in [6.07, 6.45) is 0. The van der Waals surface area contributed by atoms with E-state index < -0.39 is 5.63 Å². The summed E-state index contributed by atoms with van der Waals surface area (Å²) in [5.41, 5.74) is 1.27. The molecule has 0 unspecified atom stereocenters. The molecule has 0 bridgehead atoms. The van der Waals surface area contributed by atoms with E-state index >= 15 is 0 Å². The zero-order chi connectivity index (χ0) is 16.5. The van der Waals surface area contributed by atoms with Crippen molar-refractivity contribution in [2.75, 3.05) is 6.79 Å². The lowest BCUT2D eigenvalue weighted by Crippen LogP contribution is -2.14. The Labute approximate surface area is 136 Å². The zero-order valence-corrected chi connectivity index (χ0v) is 12.6. The summed E-state index contributed by atoms with van der Waals surface area (Å²) >= 11 is 0. The molecule has 0 radical (unpaired) electrons. The average Bonchev–Trinajstić information content (AvgIpc) is 2.59. The lowest BCUT2D eigenvalue weighted by molar-refractivity contribution is -0.0178. The van der Waals surface area contributed by atoms with Gasteiger partial charge in [-0.2, -0.15) is 0 Å². The first-order valence-corrected chi connectivity index (χ1v) is 7.37. The maximum absolute atomic E-state index is 13.7. The van der Waals surface area contributed by atoms with E-state index in [1.165, 1.54) is 18.2 Å². The molecule has 1 aliphatic rings. The van der Waals surface area contributed by atoms with Crippen LogP contribution < -0.4 is 15.1 Å². The van der Waals surface area contributed by atoms with Gasteiger partial charge in [0.25, 0.3) is 0 Å². The van der Waals surface area contributed by atoms with Crippen LogP contribution in [0.25, 0.3) is 11.0 Å². The number of halogens is 1. The van der Waals surface area contributed by atoms with Crippen LogP contribution in [0.1, 0.15) is 11.1 Å². The van der Waals surface area contributed by atoms with Crippen molar-refractivity contribution < 1.29 is 23.0 Å². The van der Waals surface area contributed by atoms with Crippen molar-refractivity contribution in [3.05, 3.63) is 69.8 Å². The first kappa shape index (κ1) is 14.7. The molecule has 1 aliphatic heterocycles. The van der Waals surface area contributed by atoms with Gasteiger partial charge in [0.1, 0.15) is 29.5 Å². The van der Waals surface area contributed by atoms with Crippen molar-refractivity contribution in [1.29, 1.82) is 0 Å². The molecule has 0 fully saturated rings. The summed E-state index contributed by atoms with van der Waals surface area (Å²) in [6, 6.07) is 11.0. The highest BCUT2D eigenvalue weighted by Gasteiger charge is 2.17. The third-order valence-electron chi connectivity index (χ3n) is 3.74. The normalized spacial score (nSPS) is 13.4. The molecular weight excluding hydrogens is 315 g/mol. The van der Waals surface area contributed by atoms with Gasteiger partial charge >= 0.3 is 5.63 Å². The quantitative estimate of drug-likeness (QED) is 0.690. The molecule has 0 saturated heterocycles. The van der Waals surface area contributed by atoms with Crippen molar-refractivity contribution in [2.45, 2.75) is 13.2 Å². The minimum Gasteiger partial charge on any atom is -0.489 e. The number of rotatable bonds is 3. The summed E-state index contributed by atoms with van der Waals surface area (Å²) in [7, 11) is 0. The van der Waals surface area contributed by atoms with Gasteiger partial charge in [-0.05, 0) is 30.3 Å². The Hall–Kier alpha value is -2.86. The number of hydrogen-bond donors (Lipinski definition) is 0. The molecule has 6 heteroatoms. The van der Waals surface area contributed by atoms with Crippen molar-refractivity contribution in [3.8, 4) is 11.5 Å². The fraction of sp³-hybridized carbons (Fsp3) is 0.167. The van der Waals surface area contributed by atoms with Gasteiger partial charge in [0.05, 0.1) is 6.61 Å². The Morgan fingerprint density at radius 1 is 1.12 bits per heavy atom. The molecule has 2 aromatic carbocycles. The molecule has 5 nitrogen and oxygen atoms in total. The van der Waals surface area contributed by atoms with E-state index in [4.69, 9.17) is 18.6 Å². The molecule has 4 rings (SSSR count). The summed E-state index contributed by atoms with van der Waals surface area (Å²) in [6.45, 7) is 0.566. The Morgan fingerprint density at radius 3 is 2.92 bits per heavy atom. The minimum atomic E-state index is -0.424. The van der Waals surface area contributed by atoms with E-state index in [9.17, 15) is 9.18 Å². The zero-order valence-electron chi connectivity index (χ0n) is 12.6. The SMILES string of the molecule is O=c1ccc2ccc(OCc3cc(F)cc4c3OCOC4)cc2o1. The maximum atomic E-state index is 13.7. The minimum absolute atomic E-state index is 0.128. The van der Waals surface area contributed by atoms with Crippen LogP contribution in [0.3, 0.4) is 0 Å². The molecule has 122 valence electrons. The van der Waals surface area contributed by atoms with Crippen LogP contribution >= 0.6 is 0 Å². The van der Waals surface area contributed by atoms with Crippen LogP contribution in [-0.4, -0.2) is 6.79 Å². The lowest BCUT2D eigenvalue weighted by atomic mass is 10.1. The van der Waals surface area contributed by atoms with Crippen molar-refractivity contribution in [2.24, 2.45) is 0 Å². The van der Waals surface area contributed by atoms with Crippen LogP contribution in [0.15, 0.2) is 51.7 Å². The third kappa shape index (κ3) is 2.83. The summed E-state index contributed by atoms with van der Waals surface area (Å²) < 4.78 is 35.2. The third-order valence-corrected chi connectivity index (χ3v) is 3.74. The van der Waals surface area contributed by atoms with Crippen molar-refractivity contribution >= 4 is 11.0 Å². The Balaban J connectivity index is 1.61. The molecule has 2 heterocycles. The molecule has 0 N–H and O–H groups in total. The Bertz CT molecular complexity index is 963. The summed E-state index contributed by atoms with van der Waals surface area (Å²) in [5.74, 6) is 0.739. The van der Waals surface area contributed by atoms with Crippen molar-refractivity contribution in [3.63, 3.8) is 0 Å². The van der Waals surface area contributed by atoms with Crippen LogP contribution in [0.4, 0.5) is 4.39 Å². The molecule has 0 amide bonds. The Morgan fingerprint density at radius 2 is 2.00 bits per heavy atom. The van der Waals surface area contributed by atoms with E-state index in [0.29, 0.717) is 34.8 Å². The fourth-order valence-electron chi connectivity index (χ4n) is 2.66. The second kappa shape index (κ2) is 5.98. The maximum Gasteiger partial charge on any atom is 0.336 e. The highest BCUT2D eigenvalue weighted by atomic mass is 19.1. The highest BCUT2D eigenvalue weighted by molar-refractivity contribution is 5.77. The molecule has 0 aliphatic carbocycles. The lowest BCUT2D eigenvalue weighted by Gasteiger charge is -2.21. The van der Waals surface area contributed by atoms with Gasteiger partial charge in [-0.15, -0.1) is 0 Å². The standard InChI is InChI=1S/C18H13FO5/c19-14-5-12-8-21-10-23-18(12)13(6-14)9-22-15-3-1-11-2-4-17(20)24-16(11)7-15/h1-7H,8-10H2. The van der Waals surface area contributed by atoms with Crippen LogP contribution in [-0.2, 0) is 18.0 Å². The predicted molar refractivity (Wildman–Crippen MR) is 83.5 cm³/mol. The molecular formula is C18H13FO5. The molecule has 0 saturated carbocycles. The highest BCUT2D eigenvalue weighted by Crippen LogP contribution is 2.30. The van der Waals surface area contributed by atoms with Gasteiger partial charge in [0.15, 0.2) is 6.79 Å². The number of hydrogen-bond acceptors (Lipinski definition) is 5. The first-order valence-electron chi connectivity index (χ1n) is 7.37. The van der Waals surface area contributed by atoms with Crippen LogP contribution in [0.5, 0.6) is 11.5 Å². The number of fused-ring (bicyclic) bond motifs is 2. The van der Waals surface area contributed by atoms with Gasteiger partial charge in [0, 0.05) is 28.6 Å². The first-order chi connectivity index (χ1) is 11.7. The van der Waals surface area contributed by atoms with E-state index in [0.717, 1.165) is 5.39 Å². The predicted octanol–water partition coefficient (Wildman–Crippen LogP) is 3.38. The average molecular weight is 328 g/mol. The van der Waals surface area contributed by atoms with E-state index in [-0.39, 0.29) is 19.2 Å². The monoisotopic (exact) mass is 328 g/mol. The van der Waals surface area contributed by atoms with Gasteiger partial charge in [-0.25, -0.2) is 9.18 Å². The fourth-order valence-corrected chi connectivity index (χ4v) is 2.66. The summed E-state index contributed by atoms with van der Waals surface area (Å²) in [4.78, 5) is 11.3. The molecule has 24 heavy (non-hydrogen) atoms. The van der Waals surface area contributed by atoms with E-state index in [1.807, 2.05) is 0 Å². The van der Waals surface area contributed by atoms with Gasteiger partial charge in [-0.1, -0.05) is 0 Å². The number of ether oxygens (including phenoxy) is 3. The number of benzene rings is 2. The molecule has 3 aromatic rings. The molecule has 0 spiro atoms. The van der Waals surface area contributed by atoms with Gasteiger partial charge < -0.3 is 18.6 Å². The van der Waals surface area contributed by atoms with Crippen LogP contribution in [0.2, 0.25) is 0 Å². The smallest absolute Gasteiger partial charge is 0.336 e. The van der Waals surface area contributed by atoms with E-state index in [1.54, 1.807) is 24.3 Å². The van der Waals surface area contributed by atoms with E-state index in [2.05, 4.69) is 0 Å². The topological polar surface area (TPSA) is 57.9 Å². The molecule has 0 atom stereocenters. The second-order valence-electron chi connectivity index (χ2n) is 5.41. The molecule has 1 aromatic heterocycles. The van der Waals surface area contributed by atoms with Gasteiger partial charge in [-0.3, -0.25) is 0 Å². The van der Waals surface area contributed by atoms with Crippen LogP contribution in [0, 0.1) is 5.82 Å². The largest absolute Gasteiger partial charge is 0.489 e.